The van der Waals surface area contributed by atoms with E-state index in [1.54, 1.807) is 0 Å². The molecule has 0 aliphatic heterocycles. The molecule has 1 atom stereocenters. The molecule has 1 unspecified atom stereocenters. The third-order valence-corrected chi connectivity index (χ3v) is 16.5. The smallest absolute Gasteiger partial charge is 0.306 e. The molecule has 0 saturated carbocycles. The van der Waals surface area contributed by atoms with Gasteiger partial charge in [0.15, 0.2) is 6.10 Å². The zero-order valence-electron chi connectivity index (χ0n) is 55.7. The molecule has 484 valence electrons. The highest BCUT2D eigenvalue weighted by Crippen LogP contribution is 2.19. The van der Waals surface area contributed by atoms with Crippen LogP contribution in [0, 0.1) is 0 Å². The van der Waals surface area contributed by atoms with Crippen LogP contribution < -0.4 is 0 Å². The predicted molar refractivity (Wildman–Crippen MR) is 362 cm³/mol. The van der Waals surface area contributed by atoms with Crippen LogP contribution in [0.25, 0.3) is 0 Å². The van der Waals surface area contributed by atoms with Crippen LogP contribution in [0.1, 0.15) is 393 Å². The van der Waals surface area contributed by atoms with Crippen LogP contribution in [0.4, 0.5) is 0 Å². The number of rotatable bonds is 68. The van der Waals surface area contributed by atoms with Crippen LogP contribution in [-0.2, 0) is 28.6 Å². The maximum absolute atomic E-state index is 12.9. The first-order valence-corrected chi connectivity index (χ1v) is 36.8. The Bertz CT molecular complexity index is 1470. The van der Waals surface area contributed by atoms with E-state index in [1.807, 2.05) is 0 Å². The van der Waals surface area contributed by atoms with Crippen LogP contribution in [0.2, 0.25) is 0 Å². The molecule has 0 bridgehead atoms. The van der Waals surface area contributed by atoms with Gasteiger partial charge in [0.2, 0.25) is 0 Å². The summed E-state index contributed by atoms with van der Waals surface area (Å²) in [5, 5.41) is 0. The predicted octanol–water partition coefficient (Wildman–Crippen LogP) is 25.5. The van der Waals surface area contributed by atoms with Crippen LogP contribution in [-0.4, -0.2) is 37.2 Å². The average Bonchev–Trinajstić information content (AvgIpc) is 3.49. The summed E-state index contributed by atoms with van der Waals surface area (Å²) >= 11 is 0. The summed E-state index contributed by atoms with van der Waals surface area (Å²) in [5.41, 5.74) is 0. The minimum atomic E-state index is -0.791. The van der Waals surface area contributed by atoms with Crippen molar-refractivity contribution in [2.24, 2.45) is 0 Å². The van der Waals surface area contributed by atoms with E-state index in [0.29, 0.717) is 19.3 Å². The molecule has 0 aromatic rings. The van der Waals surface area contributed by atoms with Gasteiger partial charge in [0.25, 0.3) is 0 Å². The number of allylic oxidation sites excluding steroid dienone is 10. The summed E-state index contributed by atoms with van der Waals surface area (Å²) in [5.74, 6) is -0.895. The van der Waals surface area contributed by atoms with E-state index >= 15 is 0 Å². The molecular formula is C77H140O6. The molecule has 0 spiro atoms. The lowest BCUT2D eigenvalue weighted by atomic mass is 10.0. The molecule has 0 aromatic carbocycles. The summed E-state index contributed by atoms with van der Waals surface area (Å²) in [4.78, 5) is 38.4. The van der Waals surface area contributed by atoms with Gasteiger partial charge >= 0.3 is 17.9 Å². The molecule has 0 radical (unpaired) electrons. The molecule has 6 heteroatoms. The van der Waals surface area contributed by atoms with Crippen LogP contribution in [0.3, 0.4) is 0 Å². The second-order valence-electron chi connectivity index (χ2n) is 24.8. The third-order valence-electron chi connectivity index (χ3n) is 16.5. The lowest BCUT2D eigenvalue weighted by molar-refractivity contribution is -0.167. The van der Waals surface area contributed by atoms with Gasteiger partial charge in [-0.3, -0.25) is 14.4 Å². The first-order valence-electron chi connectivity index (χ1n) is 36.8. The van der Waals surface area contributed by atoms with Crippen LogP contribution in [0.15, 0.2) is 60.8 Å². The van der Waals surface area contributed by atoms with Crippen molar-refractivity contribution in [2.75, 3.05) is 13.2 Å². The molecule has 0 N–H and O–H groups in total. The Labute approximate surface area is 517 Å². The highest BCUT2D eigenvalue weighted by molar-refractivity contribution is 5.71. The Morgan fingerprint density at radius 3 is 0.747 bits per heavy atom. The molecular weight excluding hydrogens is 1020 g/mol. The number of carbonyl (C=O) groups excluding carboxylic acids is 3. The number of ether oxygens (including phenoxy) is 3. The van der Waals surface area contributed by atoms with Gasteiger partial charge in [0.05, 0.1) is 0 Å². The molecule has 0 amide bonds. The highest BCUT2D eigenvalue weighted by atomic mass is 16.6. The SMILES string of the molecule is CC/C=C\C/C=C\C/C=C\C/C=C\CCCCCCC(=O)OC(COC(=O)CCCCCCC/C=C\CCCCCCC)COC(=O)CCCCCCCCCCCCCCCCCCCCCCCCCCCCCCCCCCCC. The number of hydrogen-bond acceptors (Lipinski definition) is 6. The van der Waals surface area contributed by atoms with E-state index < -0.39 is 6.10 Å². The fourth-order valence-corrected chi connectivity index (χ4v) is 11.0. The lowest BCUT2D eigenvalue weighted by Gasteiger charge is -2.18. The second-order valence-corrected chi connectivity index (χ2v) is 24.8. The molecule has 83 heavy (non-hydrogen) atoms. The Kier molecular flexibility index (Phi) is 69.1. The van der Waals surface area contributed by atoms with Crippen molar-refractivity contribution in [3.8, 4) is 0 Å². The fourth-order valence-electron chi connectivity index (χ4n) is 11.0. The second kappa shape index (κ2) is 71.6. The summed E-state index contributed by atoms with van der Waals surface area (Å²) in [6.45, 7) is 6.55. The van der Waals surface area contributed by atoms with Crippen molar-refractivity contribution in [3.05, 3.63) is 60.8 Å². The lowest BCUT2D eigenvalue weighted by Crippen LogP contribution is -2.30. The Hall–Kier alpha value is -2.89. The normalized spacial score (nSPS) is 12.4. The van der Waals surface area contributed by atoms with Gasteiger partial charge < -0.3 is 14.2 Å². The van der Waals surface area contributed by atoms with Gasteiger partial charge in [-0.25, -0.2) is 0 Å². The molecule has 6 nitrogen and oxygen atoms in total. The first-order chi connectivity index (χ1) is 41.0. The van der Waals surface area contributed by atoms with Crippen LogP contribution >= 0.6 is 0 Å². The quantitative estimate of drug-likeness (QED) is 0.0261. The highest BCUT2D eigenvalue weighted by Gasteiger charge is 2.19. The van der Waals surface area contributed by atoms with Crippen LogP contribution in [0.5, 0.6) is 0 Å². The summed E-state index contributed by atoms with van der Waals surface area (Å²) < 4.78 is 16.9. The molecule has 0 aromatic heterocycles. The standard InChI is InChI=1S/C77H140O6/c1-4-7-10-13-16-19-22-25-28-30-31-32-33-34-35-36-37-38-39-40-41-42-43-44-45-46-48-49-52-55-58-61-64-67-70-76(79)82-73-74(72-81-75(78)69-66-63-60-57-54-51-27-24-21-18-15-12-9-6-3)83-77(80)71-68-65-62-59-56-53-50-47-29-26-23-20-17-14-11-8-5-2/h8,11,17,20,24,26-27,29,50,53,74H,4-7,9-10,12-16,18-19,21-23,25,28,30-49,51-52,54-73H2,1-3H3/b11-8-,20-17-,27-24-,29-26-,53-50-. The van der Waals surface area contributed by atoms with Gasteiger partial charge in [-0.1, -0.05) is 351 Å². The van der Waals surface area contributed by atoms with E-state index in [-0.39, 0.29) is 31.1 Å². The van der Waals surface area contributed by atoms with Gasteiger partial charge in [-0.15, -0.1) is 0 Å². The molecule has 0 aliphatic rings. The largest absolute Gasteiger partial charge is 0.462 e. The Balaban J connectivity index is 4.12. The summed E-state index contributed by atoms with van der Waals surface area (Å²) in [6, 6.07) is 0. The molecule has 0 heterocycles. The summed E-state index contributed by atoms with van der Waals surface area (Å²) in [6.07, 6.45) is 92.8. The maximum Gasteiger partial charge on any atom is 0.306 e. The number of carbonyl (C=O) groups is 3. The van der Waals surface area contributed by atoms with E-state index in [1.165, 1.54) is 250 Å². The number of unbranched alkanes of at least 4 members (excludes halogenated alkanes) is 47. The topological polar surface area (TPSA) is 78.9 Å². The van der Waals surface area contributed by atoms with Crippen molar-refractivity contribution in [3.63, 3.8) is 0 Å². The minimum Gasteiger partial charge on any atom is -0.462 e. The van der Waals surface area contributed by atoms with Gasteiger partial charge in [0.1, 0.15) is 13.2 Å². The average molecular weight is 1160 g/mol. The van der Waals surface area contributed by atoms with E-state index in [9.17, 15) is 14.4 Å². The fraction of sp³-hybridized carbons (Fsp3) is 0.831. The molecule has 0 aliphatic carbocycles. The molecule has 0 fully saturated rings. The van der Waals surface area contributed by atoms with Gasteiger partial charge in [0, 0.05) is 19.3 Å². The van der Waals surface area contributed by atoms with Gasteiger partial charge in [-0.05, 0) is 83.5 Å². The Morgan fingerprint density at radius 1 is 0.253 bits per heavy atom. The van der Waals surface area contributed by atoms with E-state index in [4.69, 9.17) is 14.2 Å². The van der Waals surface area contributed by atoms with Crippen molar-refractivity contribution < 1.29 is 28.6 Å². The van der Waals surface area contributed by atoms with Crippen molar-refractivity contribution in [1.29, 1.82) is 0 Å². The zero-order valence-corrected chi connectivity index (χ0v) is 55.7. The molecule has 0 saturated heterocycles. The van der Waals surface area contributed by atoms with E-state index in [0.717, 1.165) is 103 Å². The summed E-state index contributed by atoms with van der Waals surface area (Å²) in [7, 11) is 0. The minimum absolute atomic E-state index is 0.0836. The molecule has 0 rings (SSSR count). The van der Waals surface area contributed by atoms with E-state index in [2.05, 4.69) is 81.5 Å². The zero-order chi connectivity index (χ0) is 59.9. The Morgan fingerprint density at radius 2 is 0.470 bits per heavy atom. The van der Waals surface area contributed by atoms with Crippen molar-refractivity contribution >= 4 is 17.9 Å². The number of hydrogen-bond donors (Lipinski definition) is 0. The van der Waals surface area contributed by atoms with Crippen molar-refractivity contribution in [2.45, 2.75) is 399 Å². The monoisotopic (exact) mass is 1160 g/mol. The van der Waals surface area contributed by atoms with Gasteiger partial charge in [-0.2, -0.15) is 0 Å². The first kappa shape index (κ1) is 80.1. The third kappa shape index (κ3) is 69.8. The maximum atomic E-state index is 12.9. The van der Waals surface area contributed by atoms with Crippen molar-refractivity contribution in [1.82, 2.24) is 0 Å². The number of esters is 3.